The lowest BCUT2D eigenvalue weighted by Crippen LogP contribution is -2.36. The van der Waals surface area contributed by atoms with E-state index in [1.54, 1.807) is 17.6 Å². The fourth-order valence-corrected chi connectivity index (χ4v) is 4.18. The topological polar surface area (TPSA) is 49.6 Å². The number of amides is 1. The molecule has 2 aromatic rings. The molecule has 0 spiro atoms. The Morgan fingerprint density at radius 3 is 3.04 bits per heavy atom. The largest absolute Gasteiger partial charge is 0.469 e. The van der Waals surface area contributed by atoms with Crippen molar-refractivity contribution in [1.29, 1.82) is 0 Å². The summed E-state index contributed by atoms with van der Waals surface area (Å²) in [5, 5.41) is 3.26. The Bertz CT molecular complexity index is 697. The SMILES string of the molecule is Cc1nc(CN2CCCN(C(=O)[C@H]3C[C@@H]3c3ccco3)CC2)cs1. The number of furan rings is 1. The van der Waals surface area contributed by atoms with E-state index >= 15 is 0 Å². The van der Waals surface area contributed by atoms with Gasteiger partial charge in [0.25, 0.3) is 0 Å². The molecule has 1 saturated heterocycles. The molecule has 24 heavy (non-hydrogen) atoms. The van der Waals surface area contributed by atoms with Crippen molar-refractivity contribution >= 4 is 17.2 Å². The minimum absolute atomic E-state index is 0.129. The number of thiazole rings is 1. The molecule has 0 bridgehead atoms. The summed E-state index contributed by atoms with van der Waals surface area (Å²) in [6.45, 7) is 6.59. The molecule has 1 saturated carbocycles. The molecule has 4 rings (SSSR count). The monoisotopic (exact) mass is 345 g/mol. The van der Waals surface area contributed by atoms with Gasteiger partial charge in [-0.05, 0) is 31.9 Å². The second-order valence-corrected chi connectivity index (χ2v) is 7.84. The van der Waals surface area contributed by atoms with Crippen LogP contribution in [0, 0.1) is 12.8 Å². The fourth-order valence-electron chi connectivity index (χ4n) is 3.58. The van der Waals surface area contributed by atoms with Gasteiger partial charge in [0.1, 0.15) is 5.76 Å². The van der Waals surface area contributed by atoms with E-state index in [-0.39, 0.29) is 5.92 Å². The number of aromatic nitrogens is 1. The molecule has 2 atom stereocenters. The maximum atomic E-state index is 12.7. The molecule has 1 aliphatic heterocycles. The molecule has 5 nitrogen and oxygen atoms in total. The van der Waals surface area contributed by atoms with Gasteiger partial charge in [-0.2, -0.15) is 0 Å². The van der Waals surface area contributed by atoms with Gasteiger partial charge in [0.05, 0.1) is 17.0 Å². The van der Waals surface area contributed by atoms with E-state index in [4.69, 9.17) is 4.42 Å². The number of nitrogens with zero attached hydrogens (tertiary/aromatic N) is 3. The van der Waals surface area contributed by atoms with Crippen LogP contribution in [0.2, 0.25) is 0 Å². The average molecular weight is 345 g/mol. The zero-order valence-electron chi connectivity index (χ0n) is 14.0. The van der Waals surface area contributed by atoms with Gasteiger partial charge >= 0.3 is 0 Å². The highest BCUT2D eigenvalue weighted by Gasteiger charge is 2.47. The summed E-state index contributed by atoms with van der Waals surface area (Å²) >= 11 is 1.70. The molecule has 0 N–H and O–H groups in total. The maximum Gasteiger partial charge on any atom is 0.226 e. The van der Waals surface area contributed by atoms with Crippen molar-refractivity contribution in [3.63, 3.8) is 0 Å². The third kappa shape index (κ3) is 3.39. The van der Waals surface area contributed by atoms with Crippen LogP contribution in [-0.2, 0) is 11.3 Å². The van der Waals surface area contributed by atoms with Crippen molar-refractivity contribution in [2.75, 3.05) is 26.2 Å². The molecule has 128 valence electrons. The summed E-state index contributed by atoms with van der Waals surface area (Å²) in [6.07, 6.45) is 3.66. The molecule has 0 aromatic carbocycles. The second-order valence-electron chi connectivity index (χ2n) is 6.78. The lowest BCUT2D eigenvalue weighted by atomic mass is 10.2. The first-order valence-corrected chi connectivity index (χ1v) is 9.54. The highest BCUT2D eigenvalue weighted by molar-refractivity contribution is 7.09. The standard InChI is InChI=1S/C18H23N3O2S/c1-13-19-14(12-24-13)11-20-5-3-6-21(8-7-20)18(22)16-10-15(16)17-4-2-9-23-17/h2,4,9,12,15-16H,3,5-8,10-11H2,1H3/t15-,16-/m0/s1. The lowest BCUT2D eigenvalue weighted by Gasteiger charge is -2.21. The summed E-state index contributed by atoms with van der Waals surface area (Å²) in [7, 11) is 0. The molecular weight excluding hydrogens is 322 g/mol. The Hall–Kier alpha value is -1.66. The summed E-state index contributed by atoms with van der Waals surface area (Å²) in [4.78, 5) is 21.8. The van der Waals surface area contributed by atoms with Gasteiger partial charge in [0.15, 0.2) is 0 Å². The summed E-state index contributed by atoms with van der Waals surface area (Å²) in [6, 6.07) is 3.89. The van der Waals surface area contributed by atoms with Crippen molar-refractivity contribution in [1.82, 2.24) is 14.8 Å². The van der Waals surface area contributed by atoms with E-state index in [2.05, 4.69) is 20.2 Å². The van der Waals surface area contributed by atoms with Crippen LogP contribution in [0.4, 0.5) is 0 Å². The third-order valence-electron chi connectivity index (χ3n) is 4.97. The van der Waals surface area contributed by atoms with Gasteiger partial charge in [0.2, 0.25) is 5.91 Å². The van der Waals surface area contributed by atoms with Crippen LogP contribution in [0.15, 0.2) is 28.2 Å². The summed E-state index contributed by atoms with van der Waals surface area (Å²) < 4.78 is 5.45. The van der Waals surface area contributed by atoms with E-state index in [9.17, 15) is 4.79 Å². The van der Waals surface area contributed by atoms with Crippen LogP contribution in [-0.4, -0.2) is 46.9 Å². The van der Waals surface area contributed by atoms with Crippen LogP contribution in [0.1, 0.15) is 35.2 Å². The Labute approximate surface area is 146 Å². The van der Waals surface area contributed by atoms with E-state index in [1.165, 1.54) is 0 Å². The van der Waals surface area contributed by atoms with E-state index in [0.29, 0.717) is 11.8 Å². The number of hydrogen-bond donors (Lipinski definition) is 0. The second kappa shape index (κ2) is 6.69. The van der Waals surface area contributed by atoms with Crippen molar-refractivity contribution in [2.45, 2.75) is 32.2 Å². The van der Waals surface area contributed by atoms with Crippen molar-refractivity contribution < 1.29 is 9.21 Å². The van der Waals surface area contributed by atoms with E-state index in [1.807, 2.05) is 19.1 Å². The zero-order valence-corrected chi connectivity index (χ0v) is 14.8. The third-order valence-corrected chi connectivity index (χ3v) is 5.79. The zero-order chi connectivity index (χ0) is 16.5. The van der Waals surface area contributed by atoms with Crippen molar-refractivity contribution in [2.24, 2.45) is 5.92 Å². The molecule has 0 unspecified atom stereocenters. The number of aryl methyl sites for hydroxylation is 1. The smallest absolute Gasteiger partial charge is 0.226 e. The average Bonchev–Trinajstić information content (AvgIpc) is 3.08. The van der Waals surface area contributed by atoms with Crippen molar-refractivity contribution in [3.05, 3.63) is 40.2 Å². The first-order valence-electron chi connectivity index (χ1n) is 8.66. The molecule has 6 heteroatoms. The van der Waals surface area contributed by atoms with Crippen LogP contribution >= 0.6 is 11.3 Å². The van der Waals surface area contributed by atoms with Gasteiger partial charge in [-0.1, -0.05) is 0 Å². The molecule has 2 aromatic heterocycles. The number of hydrogen-bond acceptors (Lipinski definition) is 5. The Balaban J connectivity index is 1.31. The fraction of sp³-hybridized carbons (Fsp3) is 0.556. The Morgan fingerprint density at radius 1 is 1.38 bits per heavy atom. The minimum Gasteiger partial charge on any atom is -0.469 e. The highest BCUT2D eigenvalue weighted by atomic mass is 32.1. The number of carbonyl (C=O) groups is 1. The van der Waals surface area contributed by atoms with Crippen LogP contribution in [0.5, 0.6) is 0 Å². The highest BCUT2D eigenvalue weighted by Crippen LogP contribution is 2.48. The predicted octanol–water partition coefficient (Wildman–Crippen LogP) is 2.88. The van der Waals surface area contributed by atoms with Gasteiger partial charge in [-0.15, -0.1) is 11.3 Å². The van der Waals surface area contributed by atoms with Gasteiger partial charge in [0, 0.05) is 49.9 Å². The van der Waals surface area contributed by atoms with Crippen LogP contribution < -0.4 is 0 Å². The molecular formula is C18H23N3O2S. The molecule has 3 heterocycles. The quantitative estimate of drug-likeness (QED) is 0.855. The minimum atomic E-state index is 0.129. The number of carbonyl (C=O) groups excluding carboxylic acids is 1. The van der Waals surface area contributed by atoms with Gasteiger partial charge in [-0.3, -0.25) is 9.69 Å². The van der Waals surface area contributed by atoms with Gasteiger partial charge in [-0.25, -0.2) is 4.98 Å². The Kier molecular flexibility index (Phi) is 4.41. The predicted molar refractivity (Wildman–Crippen MR) is 92.9 cm³/mol. The van der Waals surface area contributed by atoms with E-state index in [0.717, 1.165) is 62.0 Å². The van der Waals surface area contributed by atoms with Gasteiger partial charge < -0.3 is 9.32 Å². The molecule has 1 amide bonds. The Morgan fingerprint density at radius 2 is 2.29 bits per heavy atom. The molecule has 0 radical (unpaired) electrons. The van der Waals surface area contributed by atoms with Crippen LogP contribution in [0.25, 0.3) is 0 Å². The molecule has 2 fully saturated rings. The lowest BCUT2D eigenvalue weighted by molar-refractivity contribution is -0.132. The number of rotatable bonds is 4. The van der Waals surface area contributed by atoms with E-state index < -0.39 is 0 Å². The molecule has 1 aliphatic carbocycles. The summed E-state index contributed by atoms with van der Waals surface area (Å²) in [5.41, 5.74) is 1.15. The maximum absolute atomic E-state index is 12.7. The van der Waals surface area contributed by atoms with Crippen LogP contribution in [0.3, 0.4) is 0 Å². The normalized spacial score (nSPS) is 24.8. The first-order chi connectivity index (χ1) is 11.7. The summed E-state index contributed by atoms with van der Waals surface area (Å²) in [5.74, 6) is 1.69. The first kappa shape index (κ1) is 15.8. The van der Waals surface area contributed by atoms with Crippen molar-refractivity contribution in [3.8, 4) is 0 Å². The molecule has 2 aliphatic rings.